The second kappa shape index (κ2) is 7.20. The standard InChI is InChI=1S/C14H18F2N2O2S/c15-13(16)21-11-3-1-10(2-4-11)18-12(19)14(9-17)5-7-20-8-6-14/h1-4,13H,5-9,17H2,(H,18,19). The smallest absolute Gasteiger partial charge is 0.288 e. The molecule has 1 fully saturated rings. The van der Waals surface area contributed by atoms with Gasteiger partial charge in [0.05, 0.1) is 5.41 Å². The van der Waals surface area contributed by atoms with Crippen molar-refractivity contribution < 1.29 is 18.3 Å². The number of alkyl halides is 2. The first-order valence-electron chi connectivity index (χ1n) is 6.70. The van der Waals surface area contributed by atoms with E-state index in [4.69, 9.17) is 10.5 Å². The van der Waals surface area contributed by atoms with Crippen LogP contribution in [0.3, 0.4) is 0 Å². The number of amides is 1. The number of hydrogen-bond donors (Lipinski definition) is 2. The maximum Gasteiger partial charge on any atom is 0.288 e. The summed E-state index contributed by atoms with van der Waals surface area (Å²) >= 11 is 0.475. The maximum atomic E-state index is 12.4. The summed E-state index contributed by atoms with van der Waals surface area (Å²) in [5.74, 6) is -2.59. The minimum absolute atomic E-state index is 0.137. The maximum absolute atomic E-state index is 12.4. The van der Waals surface area contributed by atoms with Crippen LogP contribution in [-0.4, -0.2) is 31.4 Å². The Kier molecular flexibility index (Phi) is 5.55. The monoisotopic (exact) mass is 316 g/mol. The lowest BCUT2D eigenvalue weighted by Crippen LogP contribution is -2.46. The van der Waals surface area contributed by atoms with Gasteiger partial charge in [0, 0.05) is 30.3 Å². The molecule has 21 heavy (non-hydrogen) atoms. The van der Waals surface area contributed by atoms with Gasteiger partial charge in [-0.25, -0.2) is 0 Å². The zero-order valence-corrected chi connectivity index (χ0v) is 12.3. The van der Waals surface area contributed by atoms with Gasteiger partial charge in [-0.2, -0.15) is 8.78 Å². The lowest BCUT2D eigenvalue weighted by molar-refractivity contribution is -0.130. The van der Waals surface area contributed by atoms with E-state index in [1.165, 1.54) is 0 Å². The molecule has 1 aromatic rings. The highest BCUT2D eigenvalue weighted by Crippen LogP contribution is 2.31. The number of anilines is 1. The number of carbonyl (C=O) groups excluding carboxylic acids is 1. The number of ether oxygens (including phenoxy) is 1. The summed E-state index contributed by atoms with van der Waals surface area (Å²) in [7, 11) is 0. The summed E-state index contributed by atoms with van der Waals surface area (Å²) in [5.41, 5.74) is 5.75. The van der Waals surface area contributed by atoms with Crippen LogP contribution in [0.5, 0.6) is 0 Å². The first-order chi connectivity index (χ1) is 10.1. The van der Waals surface area contributed by atoms with Gasteiger partial charge < -0.3 is 15.8 Å². The average molecular weight is 316 g/mol. The number of thioether (sulfide) groups is 1. The topological polar surface area (TPSA) is 64.4 Å². The van der Waals surface area contributed by atoms with Crippen LogP contribution in [0.2, 0.25) is 0 Å². The van der Waals surface area contributed by atoms with Gasteiger partial charge in [-0.3, -0.25) is 4.79 Å². The molecule has 7 heteroatoms. The van der Waals surface area contributed by atoms with Crippen LogP contribution < -0.4 is 11.1 Å². The zero-order chi connectivity index (χ0) is 15.3. The van der Waals surface area contributed by atoms with Gasteiger partial charge in [-0.1, -0.05) is 11.8 Å². The molecule has 0 unspecified atom stereocenters. The fourth-order valence-corrected chi connectivity index (χ4v) is 2.77. The highest BCUT2D eigenvalue weighted by molar-refractivity contribution is 7.99. The van der Waals surface area contributed by atoms with Crippen LogP contribution in [0.1, 0.15) is 12.8 Å². The highest BCUT2D eigenvalue weighted by atomic mass is 32.2. The Morgan fingerprint density at radius 3 is 2.48 bits per heavy atom. The molecule has 1 aliphatic heterocycles. The second-order valence-electron chi connectivity index (χ2n) is 4.95. The van der Waals surface area contributed by atoms with Gasteiger partial charge in [0.2, 0.25) is 5.91 Å². The molecule has 0 aliphatic carbocycles. The number of rotatable bonds is 5. The summed E-state index contributed by atoms with van der Waals surface area (Å²) in [4.78, 5) is 12.9. The third-order valence-electron chi connectivity index (χ3n) is 3.66. The van der Waals surface area contributed by atoms with Crippen molar-refractivity contribution in [3.8, 4) is 0 Å². The van der Waals surface area contributed by atoms with Crippen molar-refractivity contribution in [3.05, 3.63) is 24.3 Å². The number of nitrogens with two attached hydrogens (primary N) is 1. The molecule has 0 atom stereocenters. The Labute approximate surface area is 126 Å². The average Bonchev–Trinajstić information content (AvgIpc) is 2.49. The van der Waals surface area contributed by atoms with Crippen molar-refractivity contribution in [1.82, 2.24) is 0 Å². The van der Waals surface area contributed by atoms with Gasteiger partial charge in [-0.15, -0.1) is 0 Å². The predicted molar refractivity (Wildman–Crippen MR) is 78.5 cm³/mol. The molecule has 0 saturated carbocycles. The van der Waals surface area contributed by atoms with Crippen molar-refractivity contribution >= 4 is 23.4 Å². The summed E-state index contributed by atoms with van der Waals surface area (Å²) in [6.45, 7) is 1.31. The van der Waals surface area contributed by atoms with Gasteiger partial charge >= 0.3 is 0 Å². The molecule has 0 bridgehead atoms. The van der Waals surface area contributed by atoms with Crippen LogP contribution in [0.25, 0.3) is 0 Å². The van der Waals surface area contributed by atoms with Crippen LogP contribution in [-0.2, 0) is 9.53 Å². The van der Waals surface area contributed by atoms with E-state index in [0.717, 1.165) is 0 Å². The van der Waals surface area contributed by atoms with Gasteiger partial charge in [-0.05, 0) is 37.1 Å². The quantitative estimate of drug-likeness (QED) is 0.820. The normalized spacial score (nSPS) is 17.7. The minimum atomic E-state index is -2.45. The Bertz CT molecular complexity index is 476. The van der Waals surface area contributed by atoms with E-state index in [1.54, 1.807) is 24.3 Å². The van der Waals surface area contributed by atoms with E-state index in [9.17, 15) is 13.6 Å². The van der Waals surface area contributed by atoms with Crippen molar-refractivity contribution in [2.24, 2.45) is 11.1 Å². The van der Waals surface area contributed by atoms with Gasteiger partial charge in [0.1, 0.15) is 0 Å². The summed E-state index contributed by atoms with van der Waals surface area (Å²) in [6, 6.07) is 6.36. The third kappa shape index (κ3) is 4.15. The molecule has 0 aromatic heterocycles. The van der Waals surface area contributed by atoms with Crippen LogP contribution in [0.4, 0.5) is 14.5 Å². The Balaban J connectivity index is 2.01. The number of nitrogens with one attached hydrogen (secondary N) is 1. The molecule has 1 heterocycles. The van der Waals surface area contributed by atoms with Crippen LogP contribution in [0, 0.1) is 5.41 Å². The molecular weight excluding hydrogens is 298 g/mol. The first kappa shape index (κ1) is 16.2. The largest absolute Gasteiger partial charge is 0.381 e. The van der Waals surface area contributed by atoms with E-state index >= 15 is 0 Å². The summed E-state index contributed by atoms with van der Waals surface area (Å²) in [6.07, 6.45) is 1.18. The van der Waals surface area contributed by atoms with E-state index in [1.807, 2.05) is 0 Å². The molecule has 4 nitrogen and oxygen atoms in total. The SMILES string of the molecule is NCC1(C(=O)Nc2ccc(SC(F)F)cc2)CCOCC1. The predicted octanol–water partition coefficient (Wildman–Crippen LogP) is 2.70. The zero-order valence-electron chi connectivity index (χ0n) is 11.5. The highest BCUT2D eigenvalue weighted by Gasteiger charge is 2.38. The fraction of sp³-hybridized carbons (Fsp3) is 0.500. The fourth-order valence-electron chi connectivity index (χ4n) is 2.27. The Morgan fingerprint density at radius 2 is 1.95 bits per heavy atom. The molecular formula is C14H18F2N2O2S. The molecule has 1 aliphatic rings. The first-order valence-corrected chi connectivity index (χ1v) is 7.58. The Morgan fingerprint density at radius 1 is 1.33 bits per heavy atom. The minimum Gasteiger partial charge on any atom is -0.381 e. The number of hydrogen-bond acceptors (Lipinski definition) is 4. The number of halogens is 2. The molecule has 1 aromatic carbocycles. The van der Waals surface area contributed by atoms with E-state index in [-0.39, 0.29) is 12.5 Å². The van der Waals surface area contributed by atoms with E-state index in [0.29, 0.717) is 48.4 Å². The van der Waals surface area contributed by atoms with Crippen molar-refractivity contribution in [2.75, 3.05) is 25.1 Å². The van der Waals surface area contributed by atoms with Gasteiger partial charge in [0.25, 0.3) is 5.76 Å². The third-order valence-corrected chi connectivity index (χ3v) is 4.38. The van der Waals surface area contributed by atoms with Crippen molar-refractivity contribution in [3.63, 3.8) is 0 Å². The van der Waals surface area contributed by atoms with Gasteiger partial charge in [0.15, 0.2) is 0 Å². The molecule has 0 spiro atoms. The second-order valence-corrected chi connectivity index (χ2v) is 6.02. The molecule has 1 saturated heterocycles. The summed E-state index contributed by atoms with van der Waals surface area (Å²) in [5, 5.41) is 2.81. The lowest BCUT2D eigenvalue weighted by Gasteiger charge is -2.34. The van der Waals surface area contributed by atoms with Crippen molar-refractivity contribution in [1.29, 1.82) is 0 Å². The van der Waals surface area contributed by atoms with Crippen LogP contribution >= 0.6 is 11.8 Å². The molecule has 116 valence electrons. The molecule has 1 amide bonds. The van der Waals surface area contributed by atoms with E-state index in [2.05, 4.69) is 5.32 Å². The molecule has 2 rings (SSSR count). The summed E-state index contributed by atoms with van der Waals surface area (Å²) < 4.78 is 29.7. The molecule has 3 N–H and O–H groups in total. The van der Waals surface area contributed by atoms with E-state index < -0.39 is 11.2 Å². The van der Waals surface area contributed by atoms with Crippen molar-refractivity contribution in [2.45, 2.75) is 23.5 Å². The Hall–Kier alpha value is -1.18. The van der Waals surface area contributed by atoms with Crippen LogP contribution in [0.15, 0.2) is 29.2 Å². The lowest BCUT2D eigenvalue weighted by atomic mass is 9.79. The number of benzene rings is 1. The molecule has 0 radical (unpaired) electrons. The number of carbonyl (C=O) groups is 1.